The Kier molecular flexibility index (Phi) is 2.34. The minimum absolute atomic E-state index is 0.109. The van der Waals surface area contributed by atoms with Crippen LogP contribution in [0.1, 0.15) is 21.7 Å². The average molecular weight is 249 g/mol. The number of rotatable bonds is 0. The molecule has 1 nitrogen and oxygen atoms in total. The van der Waals surface area contributed by atoms with Crippen LogP contribution in [0.4, 0.5) is 0 Å². The fourth-order valence-electron chi connectivity index (χ4n) is 2.15. The Balaban J connectivity index is 2.29. The van der Waals surface area contributed by atoms with Gasteiger partial charge in [0.15, 0.2) is 5.78 Å². The summed E-state index contributed by atoms with van der Waals surface area (Å²) in [6.45, 7) is 0. The van der Waals surface area contributed by atoms with Gasteiger partial charge in [-0.3, -0.25) is 4.79 Å². The molecule has 0 spiro atoms. The standard InChI is InChI=1S/C13H9ClOS/c14-7-8-5-6-10-9-3-1-2-4-11(9)16-13(10)12(8)15/h1-4,7H,5-6H2/b8-7+. The summed E-state index contributed by atoms with van der Waals surface area (Å²) in [7, 11) is 0. The van der Waals surface area contributed by atoms with Crippen molar-refractivity contribution in [3.8, 4) is 0 Å². The molecule has 1 aromatic heterocycles. The number of hydrogen-bond acceptors (Lipinski definition) is 2. The summed E-state index contributed by atoms with van der Waals surface area (Å²) in [5, 5.41) is 1.23. The van der Waals surface area contributed by atoms with Crippen LogP contribution in [0.5, 0.6) is 0 Å². The lowest BCUT2D eigenvalue weighted by Crippen LogP contribution is -2.10. The van der Waals surface area contributed by atoms with E-state index in [9.17, 15) is 4.79 Å². The molecule has 1 aliphatic carbocycles. The van der Waals surface area contributed by atoms with Gasteiger partial charge in [0.1, 0.15) is 0 Å². The number of hydrogen-bond donors (Lipinski definition) is 0. The number of carbonyl (C=O) groups is 1. The predicted octanol–water partition coefficient (Wildman–Crippen LogP) is 4.15. The number of carbonyl (C=O) groups excluding carboxylic acids is 1. The zero-order valence-electron chi connectivity index (χ0n) is 8.50. The zero-order valence-corrected chi connectivity index (χ0v) is 10.1. The first kappa shape index (κ1) is 10.1. The quantitative estimate of drug-likeness (QED) is 0.640. The van der Waals surface area contributed by atoms with Crippen LogP contribution < -0.4 is 0 Å². The highest BCUT2D eigenvalue weighted by Crippen LogP contribution is 2.37. The Bertz CT molecular complexity index is 609. The second-order valence-corrected chi connectivity index (χ2v) is 5.14. The number of fused-ring (bicyclic) bond motifs is 3. The van der Waals surface area contributed by atoms with Crippen LogP contribution in [-0.4, -0.2) is 5.78 Å². The van der Waals surface area contributed by atoms with Gasteiger partial charge in [-0.05, 0) is 29.9 Å². The average Bonchev–Trinajstić information content (AvgIpc) is 2.69. The van der Waals surface area contributed by atoms with Gasteiger partial charge in [0, 0.05) is 15.8 Å². The van der Waals surface area contributed by atoms with E-state index in [1.807, 2.05) is 12.1 Å². The molecule has 3 heteroatoms. The minimum Gasteiger partial charge on any atom is -0.288 e. The number of halogens is 1. The van der Waals surface area contributed by atoms with Gasteiger partial charge >= 0.3 is 0 Å². The van der Waals surface area contributed by atoms with Gasteiger partial charge in [0.2, 0.25) is 0 Å². The molecule has 80 valence electrons. The Hall–Kier alpha value is -1.12. The first-order chi connectivity index (χ1) is 7.81. The summed E-state index contributed by atoms with van der Waals surface area (Å²) in [6.07, 6.45) is 1.68. The predicted molar refractivity (Wildman–Crippen MR) is 68.4 cm³/mol. The van der Waals surface area contributed by atoms with Crippen LogP contribution in [0, 0.1) is 0 Å². The van der Waals surface area contributed by atoms with E-state index in [0.717, 1.165) is 23.3 Å². The molecule has 0 fully saturated rings. The maximum absolute atomic E-state index is 12.1. The minimum atomic E-state index is 0.109. The van der Waals surface area contributed by atoms with E-state index in [1.165, 1.54) is 21.2 Å². The van der Waals surface area contributed by atoms with Crippen molar-refractivity contribution in [1.29, 1.82) is 0 Å². The molecule has 2 aromatic rings. The molecule has 0 aliphatic heterocycles. The fraction of sp³-hybridized carbons (Fsp3) is 0.154. The number of thiophene rings is 1. The van der Waals surface area contributed by atoms with Gasteiger partial charge in [-0.2, -0.15) is 0 Å². The maximum Gasteiger partial charge on any atom is 0.200 e. The van der Waals surface area contributed by atoms with E-state index in [1.54, 1.807) is 11.3 Å². The van der Waals surface area contributed by atoms with E-state index < -0.39 is 0 Å². The van der Waals surface area contributed by atoms with Crippen molar-refractivity contribution < 1.29 is 4.79 Å². The number of aryl methyl sites for hydroxylation is 1. The molecule has 0 radical (unpaired) electrons. The molecule has 3 rings (SSSR count). The van der Waals surface area contributed by atoms with Crippen molar-refractivity contribution in [3.05, 3.63) is 45.8 Å². The SMILES string of the molecule is O=C1/C(=C/Cl)CCc2c1sc1ccccc21. The summed E-state index contributed by atoms with van der Waals surface area (Å²) in [5.74, 6) is 0.109. The molecule has 16 heavy (non-hydrogen) atoms. The smallest absolute Gasteiger partial charge is 0.200 e. The number of ketones is 1. The van der Waals surface area contributed by atoms with E-state index in [4.69, 9.17) is 11.6 Å². The van der Waals surface area contributed by atoms with E-state index >= 15 is 0 Å². The third kappa shape index (κ3) is 1.34. The summed E-state index contributed by atoms with van der Waals surface area (Å²) in [5.41, 5.74) is 3.36. The maximum atomic E-state index is 12.1. The number of Topliss-reactive ketones (excluding diaryl/α,β-unsaturated/α-hetero) is 1. The highest BCUT2D eigenvalue weighted by molar-refractivity contribution is 7.21. The van der Waals surface area contributed by atoms with Crippen LogP contribution >= 0.6 is 22.9 Å². The third-order valence-electron chi connectivity index (χ3n) is 2.97. The molecule has 0 saturated carbocycles. The lowest BCUT2D eigenvalue weighted by atomic mass is 9.92. The van der Waals surface area contributed by atoms with Crippen molar-refractivity contribution in [2.45, 2.75) is 12.8 Å². The molecule has 1 aromatic carbocycles. The van der Waals surface area contributed by atoms with Crippen molar-refractivity contribution in [3.63, 3.8) is 0 Å². The zero-order chi connectivity index (χ0) is 11.1. The molecule has 1 aliphatic rings. The second kappa shape index (κ2) is 3.72. The lowest BCUT2D eigenvalue weighted by Gasteiger charge is -2.12. The summed E-state index contributed by atoms with van der Waals surface area (Å²) >= 11 is 7.24. The van der Waals surface area contributed by atoms with Crippen LogP contribution in [0.2, 0.25) is 0 Å². The van der Waals surface area contributed by atoms with Crippen LogP contribution in [0.25, 0.3) is 10.1 Å². The Morgan fingerprint density at radius 2 is 2.06 bits per heavy atom. The molecular weight excluding hydrogens is 240 g/mol. The lowest BCUT2D eigenvalue weighted by molar-refractivity contribution is 0.103. The van der Waals surface area contributed by atoms with Crippen molar-refractivity contribution in [2.75, 3.05) is 0 Å². The summed E-state index contributed by atoms with van der Waals surface area (Å²) in [6, 6.07) is 8.18. The van der Waals surface area contributed by atoms with E-state index in [2.05, 4.69) is 12.1 Å². The monoisotopic (exact) mass is 248 g/mol. The Morgan fingerprint density at radius 3 is 2.88 bits per heavy atom. The molecule has 0 atom stereocenters. The summed E-state index contributed by atoms with van der Waals surface area (Å²) in [4.78, 5) is 12.9. The number of benzene rings is 1. The molecule has 0 saturated heterocycles. The topological polar surface area (TPSA) is 17.1 Å². The normalized spacial score (nSPS) is 18.1. The second-order valence-electron chi connectivity index (χ2n) is 3.87. The molecule has 0 bridgehead atoms. The number of allylic oxidation sites excluding steroid dienone is 1. The first-order valence-corrected chi connectivity index (χ1v) is 6.41. The third-order valence-corrected chi connectivity index (χ3v) is 4.45. The van der Waals surface area contributed by atoms with Gasteiger partial charge in [0.25, 0.3) is 0 Å². The van der Waals surface area contributed by atoms with E-state index in [-0.39, 0.29) is 5.78 Å². The Labute approximate surface area is 102 Å². The van der Waals surface area contributed by atoms with Crippen molar-refractivity contribution in [1.82, 2.24) is 0 Å². The van der Waals surface area contributed by atoms with Crippen molar-refractivity contribution >= 4 is 38.8 Å². The van der Waals surface area contributed by atoms with Crippen molar-refractivity contribution in [2.24, 2.45) is 0 Å². The highest BCUT2D eigenvalue weighted by Gasteiger charge is 2.25. The van der Waals surface area contributed by atoms with Gasteiger partial charge < -0.3 is 0 Å². The molecule has 1 heterocycles. The highest BCUT2D eigenvalue weighted by atomic mass is 35.5. The molecular formula is C13H9ClOS. The van der Waals surface area contributed by atoms with Gasteiger partial charge in [-0.1, -0.05) is 29.8 Å². The van der Waals surface area contributed by atoms with Crippen LogP contribution in [0.15, 0.2) is 35.4 Å². The van der Waals surface area contributed by atoms with Gasteiger partial charge in [-0.25, -0.2) is 0 Å². The summed E-state index contributed by atoms with van der Waals surface area (Å²) < 4.78 is 1.19. The van der Waals surface area contributed by atoms with E-state index in [0.29, 0.717) is 0 Å². The van der Waals surface area contributed by atoms with Crippen LogP contribution in [-0.2, 0) is 6.42 Å². The van der Waals surface area contributed by atoms with Gasteiger partial charge in [-0.15, -0.1) is 11.3 Å². The molecule has 0 N–H and O–H groups in total. The van der Waals surface area contributed by atoms with Crippen LogP contribution in [0.3, 0.4) is 0 Å². The largest absolute Gasteiger partial charge is 0.288 e. The first-order valence-electron chi connectivity index (χ1n) is 5.15. The molecule has 0 unspecified atom stereocenters. The molecule has 0 amide bonds. The Morgan fingerprint density at radius 1 is 1.25 bits per heavy atom. The van der Waals surface area contributed by atoms with Gasteiger partial charge in [0.05, 0.1) is 4.88 Å². The fourth-order valence-corrected chi connectivity index (χ4v) is 3.59.